The molecule has 1 aliphatic carbocycles. The molecule has 322 valence electrons. The molecule has 54 heavy (non-hydrogen) atoms. The van der Waals surface area contributed by atoms with E-state index in [4.69, 9.17) is 10.2 Å². The third-order valence-electron chi connectivity index (χ3n) is 7.72. The monoisotopic (exact) mass is 780 g/mol. The first kappa shape index (κ1) is 60.4. The summed E-state index contributed by atoms with van der Waals surface area (Å²) >= 11 is 0. The van der Waals surface area contributed by atoms with E-state index >= 15 is 0 Å². The lowest BCUT2D eigenvalue weighted by molar-refractivity contribution is -0.138. The molecule has 0 unspecified atom stereocenters. The molecule has 0 radical (unpaired) electrons. The van der Waals surface area contributed by atoms with Crippen molar-refractivity contribution in [2.75, 3.05) is 113 Å². The fourth-order valence-electron chi connectivity index (χ4n) is 5.22. The fourth-order valence-corrected chi connectivity index (χ4v) is 5.22. The Morgan fingerprint density at radius 2 is 1.06 bits per heavy atom. The number of ketones is 1. The van der Waals surface area contributed by atoms with Crippen LogP contribution in [0, 0.1) is 0 Å². The van der Waals surface area contributed by atoms with Crippen LogP contribution in [-0.2, 0) is 28.8 Å². The van der Waals surface area contributed by atoms with Gasteiger partial charge in [-0.15, -0.1) is 0 Å². The van der Waals surface area contributed by atoms with E-state index in [1.165, 1.54) is 6.42 Å². The number of amides is 2. The summed E-state index contributed by atoms with van der Waals surface area (Å²) in [5.74, 6) is -0.640. The highest BCUT2D eigenvalue weighted by atomic mass is 16.4. The van der Waals surface area contributed by atoms with Crippen molar-refractivity contribution in [2.45, 2.75) is 98.4 Å². The van der Waals surface area contributed by atoms with Gasteiger partial charge in [-0.05, 0) is 46.7 Å². The number of carbonyl (C=O) groups excluding carboxylic acids is 5. The minimum atomic E-state index is -0.891. The van der Waals surface area contributed by atoms with Gasteiger partial charge in [0, 0.05) is 85.6 Å². The van der Waals surface area contributed by atoms with Crippen molar-refractivity contribution in [3.8, 4) is 0 Å². The fraction of sp³-hybridized carbons (Fsp3) is 0.842. The van der Waals surface area contributed by atoms with Gasteiger partial charge in [-0.25, -0.2) is 0 Å². The van der Waals surface area contributed by atoms with Crippen molar-refractivity contribution in [1.29, 1.82) is 0 Å². The smallest absolute Gasteiger partial charge is 0.317 e. The van der Waals surface area contributed by atoms with E-state index in [2.05, 4.69) is 20.9 Å². The summed E-state index contributed by atoms with van der Waals surface area (Å²) in [5, 5.41) is 31.8. The zero-order valence-corrected chi connectivity index (χ0v) is 35.4. The molecule has 16 heteroatoms. The van der Waals surface area contributed by atoms with Crippen LogP contribution in [0.15, 0.2) is 0 Å². The second kappa shape index (κ2) is 50.1. The molecule has 0 aromatic carbocycles. The summed E-state index contributed by atoms with van der Waals surface area (Å²) < 4.78 is 0. The molecular formula is C38H81N7O9. The molecule has 1 heterocycles. The van der Waals surface area contributed by atoms with Gasteiger partial charge in [0.2, 0.25) is 12.3 Å². The molecule has 0 bridgehead atoms. The van der Waals surface area contributed by atoms with E-state index in [0.717, 1.165) is 78.3 Å². The Kier molecular flexibility index (Phi) is 56.1. The SMILES string of the molecule is CC.CC.CC(=O)CCCCCNC=O.CNC.CO.CO.O=CCN1CCN(CC=O)CCN(CC(=O)NC2CCCCC2)CCN(CC(=O)O)CC1. The van der Waals surface area contributed by atoms with Gasteiger partial charge in [0.15, 0.2) is 0 Å². The molecule has 0 atom stereocenters. The largest absolute Gasteiger partial charge is 0.480 e. The van der Waals surface area contributed by atoms with Crippen LogP contribution in [0.1, 0.15) is 92.4 Å². The Morgan fingerprint density at radius 3 is 1.43 bits per heavy atom. The van der Waals surface area contributed by atoms with Crippen LogP contribution in [0.5, 0.6) is 0 Å². The molecular weight excluding hydrogens is 698 g/mol. The zero-order chi connectivity index (χ0) is 42.4. The van der Waals surface area contributed by atoms with Crippen LogP contribution in [0.3, 0.4) is 0 Å². The van der Waals surface area contributed by atoms with Crippen LogP contribution in [0.2, 0.25) is 0 Å². The summed E-state index contributed by atoms with van der Waals surface area (Å²) in [4.78, 5) is 74.3. The number of unbranched alkanes of at least 4 members (excludes halogenated alkanes) is 2. The number of aliphatic hydroxyl groups excluding tert-OH is 2. The van der Waals surface area contributed by atoms with Crippen molar-refractivity contribution >= 4 is 36.6 Å². The Hall–Kier alpha value is -2.86. The third kappa shape index (κ3) is 43.5. The third-order valence-corrected chi connectivity index (χ3v) is 7.72. The average Bonchev–Trinajstić information content (AvgIpc) is 3.18. The van der Waals surface area contributed by atoms with Crippen molar-refractivity contribution in [3.63, 3.8) is 0 Å². The molecule has 16 nitrogen and oxygen atoms in total. The van der Waals surface area contributed by atoms with Crippen LogP contribution >= 0.6 is 0 Å². The lowest BCUT2D eigenvalue weighted by Gasteiger charge is -2.33. The van der Waals surface area contributed by atoms with Gasteiger partial charge in [0.1, 0.15) is 18.4 Å². The number of carbonyl (C=O) groups is 6. The van der Waals surface area contributed by atoms with Gasteiger partial charge in [-0.2, -0.15) is 0 Å². The lowest BCUT2D eigenvalue weighted by Crippen LogP contribution is -2.50. The van der Waals surface area contributed by atoms with Gasteiger partial charge in [-0.1, -0.05) is 53.4 Å². The number of carboxylic acids is 1. The number of aliphatic hydroxyl groups is 2. The molecule has 6 N–H and O–H groups in total. The molecule has 0 aromatic rings. The maximum atomic E-state index is 12.7. The van der Waals surface area contributed by atoms with Crippen molar-refractivity contribution in [1.82, 2.24) is 35.6 Å². The number of hydrogen-bond acceptors (Lipinski definition) is 13. The zero-order valence-electron chi connectivity index (χ0n) is 35.4. The van der Waals surface area contributed by atoms with Gasteiger partial charge in [-0.3, -0.25) is 34.0 Å². The lowest BCUT2D eigenvalue weighted by atomic mass is 9.95. The maximum absolute atomic E-state index is 12.7. The quantitative estimate of drug-likeness (QED) is 0.0959. The second-order valence-electron chi connectivity index (χ2n) is 11.9. The Labute approximate surface area is 327 Å². The normalized spacial score (nSPS) is 15.6. The van der Waals surface area contributed by atoms with Crippen LogP contribution < -0.4 is 16.0 Å². The molecule has 2 fully saturated rings. The van der Waals surface area contributed by atoms with Crippen molar-refractivity contribution in [3.05, 3.63) is 0 Å². The number of aliphatic carboxylic acids is 1. The standard InChI is InChI=1S/C22H39N5O5.C8H15NO2.C2H7N.2C2H6.2CH4O/c28-16-14-24-6-7-25(15-17-29)9-11-27(19-22(31)32)13-12-26(10-8-24)18-21(30)23-20-4-2-1-3-5-20;1-8(11)5-3-2-4-6-9-7-10;1-3-2;4*1-2/h16-17,20H,1-15,18-19H2,(H,23,30)(H,31,32);7H,2-6H2,1H3,(H,9,10);3H,1-2H3;2*1-2H3;2*2H,1H3. The average molecular weight is 780 g/mol. The van der Waals surface area contributed by atoms with E-state index in [0.29, 0.717) is 71.7 Å². The highest BCUT2D eigenvalue weighted by molar-refractivity contribution is 5.78. The number of rotatable bonds is 16. The predicted octanol–water partition coefficient (Wildman–Crippen LogP) is 1.13. The number of carboxylic acid groups (broad SMARTS) is 1. The highest BCUT2D eigenvalue weighted by Gasteiger charge is 2.21. The molecule has 2 rings (SSSR count). The Balaban J connectivity index is -0.000000302. The number of nitrogens with zero attached hydrogens (tertiary/aromatic N) is 4. The first-order chi connectivity index (χ1) is 26.2. The minimum Gasteiger partial charge on any atom is -0.480 e. The van der Waals surface area contributed by atoms with Crippen LogP contribution in [0.25, 0.3) is 0 Å². The van der Waals surface area contributed by atoms with Gasteiger partial charge in [0.25, 0.3) is 0 Å². The second-order valence-corrected chi connectivity index (χ2v) is 11.9. The van der Waals surface area contributed by atoms with E-state index in [1.54, 1.807) is 6.92 Å². The van der Waals surface area contributed by atoms with Gasteiger partial charge < -0.3 is 45.7 Å². The molecule has 1 aliphatic heterocycles. The van der Waals surface area contributed by atoms with E-state index in [9.17, 15) is 33.9 Å². The van der Waals surface area contributed by atoms with E-state index < -0.39 is 5.97 Å². The maximum Gasteiger partial charge on any atom is 0.317 e. The number of nitrogens with one attached hydrogen (secondary N) is 3. The van der Waals surface area contributed by atoms with Gasteiger partial charge in [0.05, 0.1) is 26.2 Å². The molecule has 2 amide bonds. The van der Waals surface area contributed by atoms with E-state index in [-0.39, 0.29) is 37.4 Å². The Bertz CT molecular complexity index is 852. The topological polar surface area (TPSA) is 212 Å². The number of aldehydes is 2. The van der Waals surface area contributed by atoms with Crippen molar-refractivity contribution in [2.24, 2.45) is 0 Å². The number of Topliss-reactive ketones (excluding diaryl/α,β-unsaturated/α-hetero) is 1. The predicted molar refractivity (Wildman–Crippen MR) is 218 cm³/mol. The first-order valence-electron chi connectivity index (χ1n) is 19.6. The van der Waals surface area contributed by atoms with E-state index in [1.807, 2.05) is 56.5 Å². The molecule has 0 aromatic heterocycles. The Morgan fingerprint density at radius 1 is 0.648 bits per heavy atom. The number of hydrogen-bond donors (Lipinski definition) is 6. The summed E-state index contributed by atoms with van der Waals surface area (Å²) in [6.45, 7) is 15.8. The van der Waals surface area contributed by atoms with Crippen molar-refractivity contribution < 1.29 is 44.1 Å². The summed E-state index contributed by atoms with van der Waals surface area (Å²) in [6, 6.07) is 0.252. The highest BCUT2D eigenvalue weighted by Crippen LogP contribution is 2.17. The summed E-state index contributed by atoms with van der Waals surface area (Å²) in [7, 11) is 5.75. The summed E-state index contributed by atoms with van der Waals surface area (Å²) in [6.07, 6.45) is 11.6. The first-order valence-corrected chi connectivity index (χ1v) is 19.6. The molecule has 2 aliphatic rings. The van der Waals surface area contributed by atoms with Gasteiger partial charge >= 0.3 is 5.97 Å². The molecule has 0 spiro atoms. The summed E-state index contributed by atoms with van der Waals surface area (Å²) in [5.41, 5.74) is 0. The van der Waals surface area contributed by atoms with Crippen LogP contribution in [0.4, 0.5) is 0 Å². The van der Waals surface area contributed by atoms with Crippen LogP contribution in [-0.4, -0.2) is 191 Å². The minimum absolute atomic E-state index is 0.00729. The molecule has 1 saturated heterocycles. The molecule has 1 saturated carbocycles.